The summed E-state index contributed by atoms with van der Waals surface area (Å²) in [5, 5.41) is 0.168. The van der Waals surface area contributed by atoms with Crippen molar-refractivity contribution < 1.29 is 18.0 Å². The first-order chi connectivity index (χ1) is 14.7. The van der Waals surface area contributed by atoms with Crippen LogP contribution in [0.5, 0.6) is 0 Å². The van der Waals surface area contributed by atoms with Crippen LogP contribution in [0.4, 0.5) is 13.2 Å². The van der Waals surface area contributed by atoms with Crippen molar-refractivity contribution in [2.24, 2.45) is 0 Å². The number of amides is 1. The summed E-state index contributed by atoms with van der Waals surface area (Å²) >= 11 is 5.99. The molecule has 1 aliphatic heterocycles. The lowest BCUT2D eigenvalue weighted by Gasteiger charge is -2.36. The van der Waals surface area contributed by atoms with Gasteiger partial charge in [0.15, 0.2) is 0 Å². The molecule has 0 N–H and O–H groups in total. The van der Waals surface area contributed by atoms with E-state index in [9.17, 15) is 18.0 Å². The highest BCUT2D eigenvalue weighted by molar-refractivity contribution is 6.32. The minimum atomic E-state index is -4.46. The van der Waals surface area contributed by atoms with Crippen LogP contribution in [-0.2, 0) is 17.4 Å². The monoisotopic (exact) mass is 451 g/mol. The Balaban J connectivity index is 1.52. The second kappa shape index (κ2) is 10.3. The third kappa shape index (κ3) is 6.55. The predicted octanol–water partition coefficient (Wildman–Crippen LogP) is 4.93. The maximum atomic E-state index is 12.9. The van der Waals surface area contributed by atoms with Crippen LogP contribution in [0.15, 0.2) is 48.7 Å². The third-order valence-corrected chi connectivity index (χ3v) is 5.94. The Kier molecular flexibility index (Phi) is 7.73. The zero-order chi connectivity index (χ0) is 22.4. The SMILES string of the molecule is CN(C(=O)/C=C/c1cc(C(F)(F)F)ccc1Cl)C1CCN(CCc2ccccn2)CC1. The summed E-state index contributed by atoms with van der Waals surface area (Å²) < 4.78 is 38.7. The van der Waals surface area contributed by atoms with Gasteiger partial charge in [0.1, 0.15) is 0 Å². The molecule has 0 saturated carbocycles. The van der Waals surface area contributed by atoms with Crippen LogP contribution in [0.25, 0.3) is 6.08 Å². The van der Waals surface area contributed by atoms with Gasteiger partial charge < -0.3 is 9.80 Å². The molecular weight excluding hydrogens is 427 g/mol. The van der Waals surface area contributed by atoms with Gasteiger partial charge in [-0.3, -0.25) is 9.78 Å². The molecular formula is C23H25ClF3N3O. The summed E-state index contributed by atoms with van der Waals surface area (Å²) in [6.07, 6.45) is 2.56. The van der Waals surface area contributed by atoms with Crippen molar-refractivity contribution in [2.75, 3.05) is 26.7 Å². The molecule has 0 spiro atoms. The van der Waals surface area contributed by atoms with E-state index in [0.29, 0.717) is 0 Å². The summed E-state index contributed by atoms with van der Waals surface area (Å²) in [6.45, 7) is 2.70. The Morgan fingerprint density at radius 1 is 1.26 bits per heavy atom. The molecule has 0 atom stereocenters. The maximum absolute atomic E-state index is 12.9. The van der Waals surface area contributed by atoms with Crippen LogP contribution in [0.2, 0.25) is 5.02 Å². The van der Waals surface area contributed by atoms with Crippen LogP contribution in [0, 0.1) is 0 Å². The number of likely N-dealkylation sites (tertiary alicyclic amines) is 1. The van der Waals surface area contributed by atoms with Crippen molar-refractivity contribution in [2.45, 2.75) is 31.5 Å². The van der Waals surface area contributed by atoms with E-state index < -0.39 is 11.7 Å². The van der Waals surface area contributed by atoms with E-state index in [4.69, 9.17) is 11.6 Å². The Hall–Kier alpha value is -2.38. The van der Waals surface area contributed by atoms with Gasteiger partial charge in [-0.1, -0.05) is 17.7 Å². The van der Waals surface area contributed by atoms with E-state index in [1.807, 2.05) is 18.2 Å². The lowest BCUT2D eigenvalue weighted by atomic mass is 10.0. The van der Waals surface area contributed by atoms with Gasteiger partial charge in [-0.05, 0) is 54.8 Å². The smallest absolute Gasteiger partial charge is 0.339 e. The molecule has 166 valence electrons. The number of alkyl halides is 3. The minimum Gasteiger partial charge on any atom is -0.339 e. The summed E-state index contributed by atoms with van der Waals surface area (Å²) in [5.74, 6) is -0.250. The van der Waals surface area contributed by atoms with E-state index in [1.165, 1.54) is 18.2 Å². The molecule has 1 aromatic carbocycles. The van der Waals surface area contributed by atoms with E-state index in [0.717, 1.165) is 56.7 Å². The first-order valence-corrected chi connectivity index (χ1v) is 10.6. The van der Waals surface area contributed by atoms with Gasteiger partial charge in [0.25, 0.3) is 0 Å². The van der Waals surface area contributed by atoms with Crippen LogP contribution in [0.1, 0.15) is 29.7 Å². The number of piperidine rings is 1. The second-order valence-electron chi connectivity index (χ2n) is 7.66. The number of carbonyl (C=O) groups is 1. The van der Waals surface area contributed by atoms with Gasteiger partial charge in [-0.15, -0.1) is 0 Å². The van der Waals surface area contributed by atoms with Crippen LogP contribution in [0.3, 0.4) is 0 Å². The number of hydrogen-bond donors (Lipinski definition) is 0. The molecule has 1 saturated heterocycles. The number of halogens is 4. The number of rotatable bonds is 6. The maximum Gasteiger partial charge on any atom is 0.416 e. The van der Waals surface area contributed by atoms with Crippen molar-refractivity contribution >= 4 is 23.6 Å². The van der Waals surface area contributed by atoms with Crippen molar-refractivity contribution in [1.82, 2.24) is 14.8 Å². The van der Waals surface area contributed by atoms with Crippen LogP contribution < -0.4 is 0 Å². The summed E-state index contributed by atoms with van der Waals surface area (Å²) in [6, 6.07) is 9.06. The molecule has 2 heterocycles. The average molecular weight is 452 g/mol. The van der Waals surface area contributed by atoms with Crippen LogP contribution in [-0.4, -0.2) is 53.4 Å². The quantitative estimate of drug-likeness (QED) is 0.584. The molecule has 1 amide bonds. The van der Waals surface area contributed by atoms with Crippen molar-refractivity contribution in [3.63, 3.8) is 0 Å². The molecule has 31 heavy (non-hydrogen) atoms. The van der Waals surface area contributed by atoms with Gasteiger partial charge in [0.2, 0.25) is 5.91 Å². The highest BCUT2D eigenvalue weighted by Crippen LogP contribution is 2.32. The van der Waals surface area contributed by atoms with Crippen LogP contribution >= 0.6 is 11.6 Å². The second-order valence-corrected chi connectivity index (χ2v) is 8.07. The van der Waals surface area contributed by atoms with Gasteiger partial charge >= 0.3 is 6.18 Å². The molecule has 3 rings (SSSR count). The fourth-order valence-corrected chi connectivity index (χ4v) is 3.84. The largest absolute Gasteiger partial charge is 0.416 e. The summed E-state index contributed by atoms with van der Waals surface area (Å²) in [7, 11) is 1.73. The Morgan fingerprint density at radius 3 is 2.65 bits per heavy atom. The number of benzene rings is 1. The van der Waals surface area contributed by atoms with Gasteiger partial charge in [0, 0.05) is 62.1 Å². The van der Waals surface area contributed by atoms with E-state index in [2.05, 4.69) is 9.88 Å². The van der Waals surface area contributed by atoms with Crippen molar-refractivity contribution in [1.29, 1.82) is 0 Å². The molecule has 0 radical (unpaired) electrons. The Labute approximate surface area is 185 Å². The average Bonchev–Trinajstić information content (AvgIpc) is 2.76. The topological polar surface area (TPSA) is 36.4 Å². The van der Waals surface area contributed by atoms with E-state index >= 15 is 0 Å². The Morgan fingerprint density at radius 2 is 2.00 bits per heavy atom. The number of aromatic nitrogens is 1. The number of pyridine rings is 1. The molecule has 0 unspecified atom stereocenters. The number of nitrogens with zero attached hydrogens (tertiary/aromatic N) is 3. The predicted molar refractivity (Wildman–Crippen MR) is 116 cm³/mol. The zero-order valence-corrected chi connectivity index (χ0v) is 18.0. The fourth-order valence-electron chi connectivity index (χ4n) is 3.66. The normalized spacial score (nSPS) is 16.0. The number of carbonyl (C=O) groups excluding carboxylic acids is 1. The minimum absolute atomic E-state index is 0.0974. The first kappa shape index (κ1) is 23.3. The summed E-state index contributed by atoms with van der Waals surface area (Å²) in [4.78, 5) is 20.9. The van der Waals surface area contributed by atoms with Gasteiger partial charge in [-0.25, -0.2) is 0 Å². The lowest BCUT2D eigenvalue weighted by Crippen LogP contribution is -2.45. The standard InChI is InChI=1S/C23H25ClF3N3O/c1-29(20-10-14-30(15-11-20)13-9-19-4-2-3-12-28-19)22(31)8-5-17-16-18(23(25,26)27)6-7-21(17)24/h2-8,12,16,20H,9-11,13-15H2,1H3/b8-5+. The number of likely N-dealkylation sites (N-methyl/N-ethyl adjacent to an activating group) is 1. The molecule has 4 nitrogen and oxygen atoms in total. The van der Waals surface area contributed by atoms with E-state index in [-0.39, 0.29) is 22.5 Å². The molecule has 0 aliphatic carbocycles. The molecule has 1 fully saturated rings. The number of hydrogen-bond acceptors (Lipinski definition) is 3. The lowest BCUT2D eigenvalue weighted by molar-refractivity contribution is -0.137. The van der Waals surface area contributed by atoms with E-state index in [1.54, 1.807) is 18.1 Å². The molecule has 1 aromatic heterocycles. The zero-order valence-electron chi connectivity index (χ0n) is 17.3. The Bertz CT molecular complexity index is 910. The highest BCUT2D eigenvalue weighted by atomic mass is 35.5. The third-order valence-electron chi connectivity index (χ3n) is 5.59. The first-order valence-electron chi connectivity index (χ1n) is 10.2. The van der Waals surface area contributed by atoms with Gasteiger partial charge in [0.05, 0.1) is 5.56 Å². The fraction of sp³-hybridized carbons (Fsp3) is 0.391. The van der Waals surface area contributed by atoms with Crippen molar-refractivity contribution in [3.8, 4) is 0 Å². The highest BCUT2D eigenvalue weighted by Gasteiger charge is 2.30. The molecule has 1 aliphatic rings. The van der Waals surface area contributed by atoms with Crippen molar-refractivity contribution in [3.05, 3.63) is 70.5 Å². The molecule has 8 heteroatoms. The molecule has 2 aromatic rings. The molecule has 0 bridgehead atoms. The van der Waals surface area contributed by atoms with Gasteiger partial charge in [-0.2, -0.15) is 13.2 Å². The summed E-state index contributed by atoms with van der Waals surface area (Å²) in [5.41, 5.74) is 0.438.